The Kier molecular flexibility index (Phi) is 3.56. The van der Waals surface area contributed by atoms with Gasteiger partial charge in [-0.25, -0.2) is 13.1 Å². The summed E-state index contributed by atoms with van der Waals surface area (Å²) >= 11 is 0. The van der Waals surface area contributed by atoms with Crippen molar-refractivity contribution in [3.8, 4) is 0 Å². The minimum Gasteiger partial charge on any atom is -0.329 e. The smallest absolute Gasteiger partial charge is 0.212 e. The molecule has 16 heavy (non-hydrogen) atoms. The average Bonchev–Trinajstić information content (AvgIpc) is 3.01. The van der Waals surface area contributed by atoms with Crippen molar-refractivity contribution in [2.75, 3.05) is 12.3 Å². The number of nitrogens with two attached hydrogens (primary N) is 1. The van der Waals surface area contributed by atoms with Gasteiger partial charge in [0.1, 0.15) is 0 Å². The van der Waals surface area contributed by atoms with E-state index in [1.165, 1.54) is 6.42 Å². The van der Waals surface area contributed by atoms with E-state index in [-0.39, 0.29) is 5.54 Å². The van der Waals surface area contributed by atoms with Crippen LogP contribution in [-0.2, 0) is 10.0 Å². The van der Waals surface area contributed by atoms with E-state index in [1.54, 1.807) is 0 Å². The Bertz CT molecular complexity index is 330. The molecule has 0 aliphatic heterocycles. The van der Waals surface area contributed by atoms with Gasteiger partial charge in [-0.2, -0.15) is 0 Å². The molecule has 3 N–H and O–H groups in total. The van der Waals surface area contributed by atoms with E-state index in [1.807, 2.05) is 0 Å². The Hall–Kier alpha value is -0.130. The molecular weight excluding hydrogens is 224 g/mol. The zero-order chi connectivity index (χ0) is 11.6. The van der Waals surface area contributed by atoms with Crippen LogP contribution >= 0.6 is 0 Å². The van der Waals surface area contributed by atoms with Crippen LogP contribution in [0.3, 0.4) is 0 Å². The first kappa shape index (κ1) is 12.3. The fourth-order valence-corrected chi connectivity index (χ4v) is 4.53. The monoisotopic (exact) mass is 246 g/mol. The topological polar surface area (TPSA) is 72.2 Å². The molecule has 0 heterocycles. The maximum absolute atomic E-state index is 11.9. The number of hydrogen-bond acceptors (Lipinski definition) is 3. The van der Waals surface area contributed by atoms with Crippen LogP contribution in [-0.4, -0.2) is 26.3 Å². The first-order valence-corrected chi connectivity index (χ1v) is 7.92. The lowest BCUT2D eigenvalue weighted by atomic mass is 9.83. The van der Waals surface area contributed by atoms with Gasteiger partial charge in [0.2, 0.25) is 10.0 Å². The number of rotatable bonds is 5. The van der Waals surface area contributed by atoms with Gasteiger partial charge in [0.15, 0.2) is 0 Å². The molecule has 2 rings (SSSR count). The van der Waals surface area contributed by atoms with E-state index in [4.69, 9.17) is 5.73 Å². The predicted molar refractivity (Wildman–Crippen MR) is 64.5 cm³/mol. The number of nitrogens with one attached hydrogen (secondary N) is 1. The van der Waals surface area contributed by atoms with Crippen molar-refractivity contribution in [1.82, 2.24) is 4.72 Å². The molecule has 4 nitrogen and oxygen atoms in total. The lowest BCUT2D eigenvalue weighted by molar-refractivity contribution is 0.276. The van der Waals surface area contributed by atoms with Gasteiger partial charge in [-0.05, 0) is 31.6 Å². The highest BCUT2D eigenvalue weighted by molar-refractivity contribution is 7.89. The molecule has 0 spiro atoms. The minimum atomic E-state index is -3.12. The molecule has 94 valence electrons. The molecule has 2 aliphatic carbocycles. The van der Waals surface area contributed by atoms with E-state index < -0.39 is 10.0 Å². The highest BCUT2D eigenvalue weighted by Gasteiger charge is 2.37. The molecule has 2 fully saturated rings. The molecule has 0 unspecified atom stereocenters. The van der Waals surface area contributed by atoms with Crippen molar-refractivity contribution in [3.63, 3.8) is 0 Å². The number of hydrogen-bond donors (Lipinski definition) is 2. The van der Waals surface area contributed by atoms with Crippen LogP contribution in [0.5, 0.6) is 0 Å². The predicted octanol–water partition coefficient (Wildman–Crippen LogP) is 0.977. The van der Waals surface area contributed by atoms with Crippen LogP contribution in [0.15, 0.2) is 0 Å². The summed E-state index contributed by atoms with van der Waals surface area (Å²) in [5, 5.41) is 0. The molecule has 2 saturated carbocycles. The summed E-state index contributed by atoms with van der Waals surface area (Å²) in [5.41, 5.74) is 5.42. The van der Waals surface area contributed by atoms with Crippen LogP contribution < -0.4 is 10.5 Å². The highest BCUT2D eigenvalue weighted by Crippen LogP contribution is 2.32. The van der Waals surface area contributed by atoms with Crippen molar-refractivity contribution in [2.45, 2.75) is 50.5 Å². The summed E-state index contributed by atoms with van der Waals surface area (Å²) < 4.78 is 26.8. The lowest BCUT2D eigenvalue weighted by Gasteiger charge is -2.36. The van der Waals surface area contributed by atoms with Crippen LogP contribution in [0.2, 0.25) is 0 Å². The summed E-state index contributed by atoms with van der Waals surface area (Å²) in [5.74, 6) is 0.699. The second kappa shape index (κ2) is 4.63. The van der Waals surface area contributed by atoms with Gasteiger partial charge in [-0.3, -0.25) is 0 Å². The Morgan fingerprint density at radius 3 is 2.31 bits per heavy atom. The SMILES string of the molecule is NCC1(NS(=O)(=O)CC2CC2)CCCCC1. The third-order valence-electron chi connectivity index (χ3n) is 3.73. The minimum absolute atomic E-state index is 0.300. The van der Waals surface area contributed by atoms with Crippen molar-refractivity contribution in [2.24, 2.45) is 11.7 Å². The van der Waals surface area contributed by atoms with Crippen molar-refractivity contribution < 1.29 is 8.42 Å². The molecular formula is C11H22N2O2S. The van der Waals surface area contributed by atoms with Crippen LogP contribution in [0.25, 0.3) is 0 Å². The van der Waals surface area contributed by atoms with E-state index in [0.717, 1.165) is 38.5 Å². The molecule has 0 atom stereocenters. The maximum atomic E-state index is 11.9. The van der Waals surface area contributed by atoms with Crippen molar-refractivity contribution in [3.05, 3.63) is 0 Å². The van der Waals surface area contributed by atoms with E-state index in [0.29, 0.717) is 18.2 Å². The van der Waals surface area contributed by atoms with E-state index in [9.17, 15) is 8.42 Å². The fraction of sp³-hybridized carbons (Fsp3) is 1.00. The molecule has 0 amide bonds. The maximum Gasteiger partial charge on any atom is 0.212 e. The highest BCUT2D eigenvalue weighted by atomic mass is 32.2. The van der Waals surface area contributed by atoms with Gasteiger partial charge < -0.3 is 5.73 Å². The van der Waals surface area contributed by atoms with Gasteiger partial charge in [0.25, 0.3) is 0 Å². The fourth-order valence-electron chi connectivity index (χ4n) is 2.54. The Balaban J connectivity index is 1.98. The summed E-state index contributed by atoms with van der Waals surface area (Å²) in [4.78, 5) is 0. The van der Waals surface area contributed by atoms with Gasteiger partial charge in [0.05, 0.1) is 5.75 Å². The summed E-state index contributed by atoms with van der Waals surface area (Å²) in [6.07, 6.45) is 7.30. The van der Waals surface area contributed by atoms with E-state index >= 15 is 0 Å². The second-order valence-electron chi connectivity index (χ2n) is 5.37. The average molecular weight is 246 g/mol. The van der Waals surface area contributed by atoms with E-state index in [2.05, 4.69) is 4.72 Å². The van der Waals surface area contributed by atoms with Crippen LogP contribution in [0.4, 0.5) is 0 Å². The molecule has 0 aromatic heterocycles. The zero-order valence-corrected chi connectivity index (χ0v) is 10.6. The molecule has 5 heteroatoms. The summed E-state index contributed by atoms with van der Waals surface area (Å²) in [6, 6.07) is 0. The first-order chi connectivity index (χ1) is 7.55. The standard InChI is InChI=1S/C11H22N2O2S/c12-9-11(6-2-1-3-7-11)13-16(14,15)8-10-4-5-10/h10,13H,1-9,12H2. The normalized spacial score (nSPS) is 25.6. The van der Waals surface area contributed by atoms with Crippen LogP contribution in [0, 0.1) is 5.92 Å². The Morgan fingerprint density at radius 2 is 1.81 bits per heavy atom. The van der Waals surface area contributed by atoms with Crippen molar-refractivity contribution >= 4 is 10.0 Å². The quantitative estimate of drug-likeness (QED) is 0.759. The molecule has 2 aliphatic rings. The summed E-state index contributed by atoms with van der Waals surface area (Å²) in [7, 11) is -3.12. The third-order valence-corrected chi connectivity index (χ3v) is 5.38. The molecule has 0 radical (unpaired) electrons. The Morgan fingerprint density at radius 1 is 1.19 bits per heavy atom. The number of sulfonamides is 1. The second-order valence-corrected chi connectivity index (χ2v) is 7.14. The van der Waals surface area contributed by atoms with Gasteiger partial charge in [-0.15, -0.1) is 0 Å². The zero-order valence-electron chi connectivity index (χ0n) is 9.74. The Labute approximate surface area is 98.0 Å². The molecule has 0 aromatic rings. The molecule has 0 aromatic carbocycles. The molecule has 0 bridgehead atoms. The largest absolute Gasteiger partial charge is 0.329 e. The van der Waals surface area contributed by atoms with Gasteiger partial charge >= 0.3 is 0 Å². The first-order valence-electron chi connectivity index (χ1n) is 6.27. The van der Waals surface area contributed by atoms with Gasteiger partial charge in [0, 0.05) is 12.1 Å². The van der Waals surface area contributed by atoms with Crippen molar-refractivity contribution in [1.29, 1.82) is 0 Å². The van der Waals surface area contributed by atoms with Crippen LogP contribution in [0.1, 0.15) is 44.9 Å². The lowest BCUT2D eigenvalue weighted by Crippen LogP contribution is -2.55. The summed E-state index contributed by atoms with van der Waals surface area (Å²) in [6.45, 7) is 0.427. The van der Waals surface area contributed by atoms with Gasteiger partial charge in [-0.1, -0.05) is 19.3 Å². The molecule has 0 saturated heterocycles. The third kappa shape index (κ3) is 3.18.